The number of rotatable bonds is 4. The number of hydrogen-bond donors (Lipinski definition) is 1. The Morgan fingerprint density at radius 2 is 1.82 bits per heavy atom. The Labute approximate surface area is 137 Å². The number of benzene rings is 1. The molecule has 0 saturated carbocycles. The second kappa shape index (κ2) is 6.57. The normalized spacial score (nSPS) is 12.5. The molecule has 0 aliphatic heterocycles. The van der Waals surface area contributed by atoms with E-state index in [2.05, 4.69) is 23.7 Å². The molecule has 1 atom stereocenters. The highest BCUT2D eigenvalue weighted by atomic mass is 35.5. The molecular weight excluding hydrogens is 296 g/mol. The van der Waals surface area contributed by atoms with Crippen molar-refractivity contribution in [2.24, 2.45) is 0 Å². The van der Waals surface area contributed by atoms with Crippen molar-refractivity contribution in [3.8, 4) is 0 Å². The zero-order valence-corrected chi connectivity index (χ0v) is 14.5. The molecule has 0 saturated heterocycles. The van der Waals surface area contributed by atoms with Gasteiger partial charge < -0.3 is 9.88 Å². The van der Waals surface area contributed by atoms with E-state index in [0.717, 1.165) is 22.5 Å². The smallest absolute Gasteiger partial charge is 0.253 e. The molecule has 0 spiro atoms. The molecule has 1 aromatic carbocycles. The Hall–Kier alpha value is -1.74. The summed E-state index contributed by atoms with van der Waals surface area (Å²) in [4.78, 5) is 12.6. The fraction of sp³-hybridized carbons (Fsp3) is 0.389. The molecule has 3 nitrogen and oxygen atoms in total. The average Bonchev–Trinajstić information content (AvgIpc) is 2.74. The number of nitrogens with one attached hydrogen (secondary N) is 1. The fourth-order valence-corrected chi connectivity index (χ4v) is 3.28. The number of aromatic nitrogens is 1. The molecule has 0 aliphatic rings. The first kappa shape index (κ1) is 16.6. The van der Waals surface area contributed by atoms with Crippen LogP contribution >= 0.6 is 11.6 Å². The standard InChI is InChI=1S/C18H23ClN2O/c1-11(2)21-12(3)10-16(14(21)5)18(22)20-13(4)15-8-6-7-9-17(15)19/h6-11,13H,1-5H3,(H,20,22)/t13-/m0/s1. The summed E-state index contributed by atoms with van der Waals surface area (Å²) in [7, 11) is 0. The lowest BCUT2D eigenvalue weighted by Gasteiger charge is -2.16. The van der Waals surface area contributed by atoms with Gasteiger partial charge in [0.1, 0.15) is 0 Å². The maximum atomic E-state index is 12.6. The van der Waals surface area contributed by atoms with Crippen LogP contribution < -0.4 is 5.32 Å². The van der Waals surface area contributed by atoms with Crippen LogP contribution in [0.4, 0.5) is 0 Å². The van der Waals surface area contributed by atoms with E-state index in [1.54, 1.807) is 0 Å². The number of aryl methyl sites for hydroxylation is 1. The molecule has 0 bridgehead atoms. The van der Waals surface area contributed by atoms with Crippen molar-refractivity contribution in [2.45, 2.75) is 46.7 Å². The molecule has 1 amide bonds. The van der Waals surface area contributed by atoms with Gasteiger partial charge in [-0.3, -0.25) is 4.79 Å². The summed E-state index contributed by atoms with van der Waals surface area (Å²) in [5.74, 6) is -0.0626. The number of carbonyl (C=O) groups excluding carboxylic acids is 1. The Morgan fingerprint density at radius 1 is 1.18 bits per heavy atom. The average molecular weight is 319 g/mol. The van der Waals surface area contributed by atoms with Gasteiger partial charge in [-0.05, 0) is 52.3 Å². The Balaban J connectivity index is 2.23. The quantitative estimate of drug-likeness (QED) is 0.860. The third-order valence-electron chi connectivity index (χ3n) is 3.96. The van der Waals surface area contributed by atoms with Crippen molar-refractivity contribution in [1.82, 2.24) is 9.88 Å². The van der Waals surface area contributed by atoms with E-state index in [1.165, 1.54) is 0 Å². The van der Waals surface area contributed by atoms with Crippen molar-refractivity contribution in [3.63, 3.8) is 0 Å². The minimum absolute atomic E-state index is 0.0626. The highest BCUT2D eigenvalue weighted by Gasteiger charge is 2.19. The topological polar surface area (TPSA) is 34.0 Å². The summed E-state index contributed by atoms with van der Waals surface area (Å²) < 4.78 is 2.18. The SMILES string of the molecule is Cc1cc(C(=O)N[C@@H](C)c2ccccc2Cl)c(C)n1C(C)C. The third-order valence-corrected chi connectivity index (χ3v) is 4.31. The Bertz CT molecular complexity index is 688. The molecule has 2 aromatic rings. The lowest BCUT2D eigenvalue weighted by molar-refractivity contribution is 0.0939. The van der Waals surface area contributed by atoms with Gasteiger partial charge in [-0.2, -0.15) is 0 Å². The van der Waals surface area contributed by atoms with Gasteiger partial charge in [0.15, 0.2) is 0 Å². The Kier molecular flexibility index (Phi) is 4.97. The van der Waals surface area contributed by atoms with E-state index in [9.17, 15) is 4.79 Å². The lowest BCUT2D eigenvalue weighted by atomic mass is 10.1. The molecule has 4 heteroatoms. The zero-order valence-electron chi connectivity index (χ0n) is 13.8. The van der Waals surface area contributed by atoms with Gasteiger partial charge in [0, 0.05) is 22.5 Å². The highest BCUT2D eigenvalue weighted by Crippen LogP contribution is 2.24. The number of hydrogen-bond acceptors (Lipinski definition) is 1. The van der Waals surface area contributed by atoms with E-state index in [0.29, 0.717) is 11.1 Å². The molecule has 22 heavy (non-hydrogen) atoms. The number of halogens is 1. The van der Waals surface area contributed by atoms with Crippen LogP contribution in [-0.4, -0.2) is 10.5 Å². The molecule has 1 heterocycles. The van der Waals surface area contributed by atoms with Crippen LogP contribution in [0.3, 0.4) is 0 Å². The van der Waals surface area contributed by atoms with Gasteiger partial charge in [0.2, 0.25) is 0 Å². The first-order valence-corrected chi connectivity index (χ1v) is 7.94. The zero-order chi connectivity index (χ0) is 16.4. The summed E-state index contributed by atoms with van der Waals surface area (Å²) >= 11 is 6.20. The van der Waals surface area contributed by atoms with Gasteiger partial charge in [-0.1, -0.05) is 29.8 Å². The van der Waals surface area contributed by atoms with Gasteiger partial charge in [0.25, 0.3) is 5.91 Å². The van der Waals surface area contributed by atoms with Gasteiger partial charge >= 0.3 is 0 Å². The second-order valence-corrected chi connectivity index (χ2v) is 6.37. The molecule has 1 N–H and O–H groups in total. The predicted octanol–water partition coefficient (Wildman–Crippen LogP) is 4.83. The number of amides is 1. The molecule has 0 aliphatic carbocycles. The molecule has 0 unspecified atom stereocenters. The highest BCUT2D eigenvalue weighted by molar-refractivity contribution is 6.31. The molecule has 1 aromatic heterocycles. The van der Waals surface area contributed by atoms with Crippen LogP contribution in [0.15, 0.2) is 30.3 Å². The molecule has 2 rings (SSSR count). The maximum absolute atomic E-state index is 12.6. The molecule has 118 valence electrons. The minimum Gasteiger partial charge on any atom is -0.346 e. The van der Waals surface area contributed by atoms with Crippen molar-refractivity contribution in [1.29, 1.82) is 0 Å². The van der Waals surface area contributed by atoms with Crippen molar-refractivity contribution < 1.29 is 4.79 Å². The van der Waals surface area contributed by atoms with Crippen molar-refractivity contribution >= 4 is 17.5 Å². The number of carbonyl (C=O) groups is 1. The van der Waals surface area contributed by atoms with Crippen LogP contribution in [-0.2, 0) is 0 Å². The van der Waals surface area contributed by atoms with Crippen molar-refractivity contribution in [2.75, 3.05) is 0 Å². The van der Waals surface area contributed by atoms with Gasteiger partial charge in [-0.15, -0.1) is 0 Å². The van der Waals surface area contributed by atoms with Crippen LogP contribution in [0.1, 0.15) is 60.2 Å². The number of nitrogens with zero attached hydrogens (tertiary/aromatic N) is 1. The van der Waals surface area contributed by atoms with Crippen LogP contribution in [0.2, 0.25) is 5.02 Å². The molecular formula is C18H23ClN2O. The van der Waals surface area contributed by atoms with E-state index in [1.807, 2.05) is 51.1 Å². The van der Waals surface area contributed by atoms with E-state index in [4.69, 9.17) is 11.6 Å². The predicted molar refractivity (Wildman–Crippen MR) is 91.6 cm³/mol. The third kappa shape index (κ3) is 3.20. The molecule has 0 fully saturated rings. The van der Waals surface area contributed by atoms with E-state index in [-0.39, 0.29) is 11.9 Å². The summed E-state index contributed by atoms with van der Waals surface area (Å²) in [6.07, 6.45) is 0. The van der Waals surface area contributed by atoms with Crippen LogP contribution in [0, 0.1) is 13.8 Å². The summed E-state index contributed by atoms with van der Waals surface area (Å²) in [5.41, 5.74) is 3.75. The van der Waals surface area contributed by atoms with Crippen LogP contribution in [0.5, 0.6) is 0 Å². The first-order valence-electron chi connectivity index (χ1n) is 7.56. The van der Waals surface area contributed by atoms with E-state index >= 15 is 0 Å². The monoisotopic (exact) mass is 318 g/mol. The fourth-order valence-electron chi connectivity index (χ4n) is 2.98. The largest absolute Gasteiger partial charge is 0.346 e. The molecule has 0 radical (unpaired) electrons. The van der Waals surface area contributed by atoms with Crippen LogP contribution in [0.25, 0.3) is 0 Å². The Morgan fingerprint density at radius 3 is 2.36 bits per heavy atom. The van der Waals surface area contributed by atoms with Gasteiger partial charge in [-0.25, -0.2) is 0 Å². The lowest BCUT2D eigenvalue weighted by Crippen LogP contribution is -2.27. The first-order chi connectivity index (χ1) is 10.3. The van der Waals surface area contributed by atoms with Gasteiger partial charge in [0.05, 0.1) is 11.6 Å². The van der Waals surface area contributed by atoms with E-state index < -0.39 is 0 Å². The van der Waals surface area contributed by atoms with Crippen molar-refractivity contribution in [3.05, 3.63) is 57.9 Å². The summed E-state index contributed by atoms with van der Waals surface area (Å²) in [6, 6.07) is 9.73. The maximum Gasteiger partial charge on any atom is 0.253 e. The second-order valence-electron chi connectivity index (χ2n) is 5.97. The summed E-state index contributed by atoms with van der Waals surface area (Å²) in [5, 5.41) is 3.71. The minimum atomic E-state index is -0.136. The summed E-state index contributed by atoms with van der Waals surface area (Å²) in [6.45, 7) is 10.2.